The van der Waals surface area contributed by atoms with Gasteiger partial charge in [0.2, 0.25) is 0 Å². The van der Waals surface area contributed by atoms with Crippen LogP contribution in [0.4, 0.5) is 0 Å². The Balaban J connectivity index is 0.00000200. The minimum atomic E-state index is -0.371. The molecular formula is C14H27ClN2O3. The van der Waals surface area contributed by atoms with Crippen LogP contribution >= 0.6 is 12.4 Å². The zero-order chi connectivity index (χ0) is 13.7. The third kappa shape index (κ3) is 4.88. The fourth-order valence-electron chi connectivity index (χ4n) is 2.76. The number of hydrogen-bond donors (Lipinski definition) is 1. The summed E-state index contributed by atoms with van der Waals surface area (Å²) in [4.78, 5) is 14.1. The highest BCUT2D eigenvalue weighted by molar-refractivity contribution is 5.85. The summed E-state index contributed by atoms with van der Waals surface area (Å²) in [5, 5.41) is 3.31. The van der Waals surface area contributed by atoms with E-state index in [0.29, 0.717) is 12.6 Å². The normalized spacial score (nSPS) is 25.0. The Morgan fingerprint density at radius 3 is 2.70 bits per heavy atom. The lowest BCUT2D eigenvalue weighted by Crippen LogP contribution is -2.47. The molecule has 0 radical (unpaired) electrons. The lowest BCUT2D eigenvalue weighted by molar-refractivity contribution is -0.145. The highest BCUT2D eigenvalue weighted by Gasteiger charge is 2.27. The molecular weight excluding hydrogens is 280 g/mol. The maximum atomic E-state index is 12.3. The number of hydrogen-bond acceptors (Lipinski definition) is 4. The van der Waals surface area contributed by atoms with Gasteiger partial charge in [0, 0.05) is 19.7 Å². The fraction of sp³-hybridized carbons (Fsp3) is 0.929. The van der Waals surface area contributed by atoms with Gasteiger partial charge < -0.3 is 19.7 Å². The molecule has 2 rings (SSSR count). The molecule has 0 aromatic carbocycles. The van der Waals surface area contributed by atoms with Crippen LogP contribution in [0.2, 0.25) is 0 Å². The molecule has 20 heavy (non-hydrogen) atoms. The van der Waals surface area contributed by atoms with Gasteiger partial charge in [-0.2, -0.15) is 0 Å². The first kappa shape index (κ1) is 17.7. The van der Waals surface area contributed by atoms with E-state index < -0.39 is 0 Å². The zero-order valence-corrected chi connectivity index (χ0v) is 13.3. The SMILES string of the molecule is CC(OCC1CCCO1)C(=O)N(C)C1CCNCC1.Cl. The minimum Gasteiger partial charge on any atom is -0.376 e. The van der Waals surface area contributed by atoms with Crippen molar-refractivity contribution in [1.29, 1.82) is 0 Å². The van der Waals surface area contributed by atoms with Crippen LogP contribution in [-0.2, 0) is 14.3 Å². The Hall–Kier alpha value is -0.360. The van der Waals surface area contributed by atoms with E-state index in [9.17, 15) is 4.79 Å². The molecule has 6 heteroatoms. The Morgan fingerprint density at radius 1 is 1.40 bits per heavy atom. The maximum Gasteiger partial charge on any atom is 0.251 e. The summed E-state index contributed by atoms with van der Waals surface area (Å²) in [5.41, 5.74) is 0. The quantitative estimate of drug-likeness (QED) is 0.829. The molecule has 0 bridgehead atoms. The van der Waals surface area contributed by atoms with Gasteiger partial charge in [0.25, 0.3) is 5.91 Å². The average Bonchev–Trinajstić information content (AvgIpc) is 2.97. The number of nitrogens with zero attached hydrogens (tertiary/aromatic N) is 1. The Kier molecular flexibility index (Phi) is 7.80. The minimum absolute atomic E-state index is 0. The number of likely N-dealkylation sites (N-methyl/N-ethyl adjacent to an activating group) is 1. The summed E-state index contributed by atoms with van der Waals surface area (Å²) in [5.74, 6) is 0.0879. The van der Waals surface area contributed by atoms with Crippen molar-refractivity contribution in [2.45, 2.75) is 50.9 Å². The van der Waals surface area contributed by atoms with Gasteiger partial charge in [0.1, 0.15) is 6.10 Å². The Labute approximate surface area is 127 Å². The molecule has 118 valence electrons. The number of rotatable bonds is 5. The molecule has 2 unspecified atom stereocenters. The molecule has 2 saturated heterocycles. The van der Waals surface area contributed by atoms with Gasteiger partial charge >= 0.3 is 0 Å². The Bertz CT molecular complexity index is 292. The van der Waals surface area contributed by atoms with E-state index in [1.165, 1.54) is 0 Å². The van der Waals surface area contributed by atoms with E-state index in [1.807, 2.05) is 18.9 Å². The van der Waals surface area contributed by atoms with E-state index >= 15 is 0 Å². The highest BCUT2D eigenvalue weighted by atomic mass is 35.5. The van der Waals surface area contributed by atoms with Gasteiger partial charge in [-0.05, 0) is 45.7 Å². The van der Waals surface area contributed by atoms with Crippen molar-refractivity contribution in [2.24, 2.45) is 0 Å². The lowest BCUT2D eigenvalue weighted by Gasteiger charge is -2.33. The van der Waals surface area contributed by atoms with Crippen LogP contribution in [-0.4, -0.2) is 62.4 Å². The molecule has 2 aliphatic rings. The molecule has 1 N–H and O–H groups in total. The van der Waals surface area contributed by atoms with Crippen LogP contribution in [0.3, 0.4) is 0 Å². The molecule has 0 saturated carbocycles. The van der Waals surface area contributed by atoms with Crippen LogP contribution < -0.4 is 5.32 Å². The van der Waals surface area contributed by atoms with Crippen molar-refractivity contribution in [1.82, 2.24) is 10.2 Å². The maximum absolute atomic E-state index is 12.3. The molecule has 0 aromatic rings. The number of piperidine rings is 1. The molecule has 1 amide bonds. The van der Waals surface area contributed by atoms with E-state index in [2.05, 4.69) is 5.32 Å². The summed E-state index contributed by atoms with van der Waals surface area (Å²) in [7, 11) is 1.89. The number of amides is 1. The van der Waals surface area contributed by atoms with Gasteiger partial charge in [-0.1, -0.05) is 0 Å². The smallest absolute Gasteiger partial charge is 0.251 e. The third-order valence-corrected chi connectivity index (χ3v) is 4.11. The van der Waals surface area contributed by atoms with Crippen molar-refractivity contribution in [2.75, 3.05) is 33.4 Å². The third-order valence-electron chi connectivity index (χ3n) is 4.11. The monoisotopic (exact) mass is 306 g/mol. The number of nitrogens with one attached hydrogen (secondary N) is 1. The van der Waals surface area contributed by atoms with Gasteiger partial charge in [-0.15, -0.1) is 12.4 Å². The molecule has 0 aromatic heterocycles. The van der Waals surface area contributed by atoms with Crippen LogP contribution in [0.5, 0.6) is 0 Å². The Morgan fingerprint density at radius 2 is 2.10 bits per heavy atom. The van der Waals surface area contributed by atoms with Crippen molar-refractivity contribution < 1.29 is 14.3 Å². The van der Waals surface area contributed by atoms with Gasteiger partial charge in [-0.3, -0.25) is 4.79 Å². The number of halogens is 1. The topological polar surface area (TPSA) is 50.8 Å². The molecule has 2 heterocycles. The van der Waals surface area contributed by atoms with Crippen molar-refractivity contribution in [3.05, 3.63) is 0 Å². The van der Waals surface area contributed by atoms with Crippen LogP contribution in [0.15, 0.2) is 0 Å². The lowest BCUT2D eigenvalue weighted by atomic mass is 10.0. The number of carbonyl (C=O) groups excluding carboxylic acids is 1. The second kappa shape index (κ2) is 8.82. The van der Waals surface area contributed by atoms with Crippen molar-refractivity contribution in [3.8, 4) is 0 Å². The van der Waals surface area contributed by atoms with Crippen molar-refractivity contribution >= 4 is 18.3 Å². The fourth-order valence-corrected chi connectivity index (χ4v) is 2.76. The molecule has 0 spiro atoms. The first-order valence-electron chi connectivity index (χ1n) is 7.39. The second-order valence-corrected chi connectivity index (χ2v) is 5.54. The molecule has 2 fully saturated rings. The van der Waals surface area contributed by atoms with Gasteiger partial charge in [0.05, 0.1) is 12.7 Å². The average molecular weight is 307 g/mol. The number of carbonyl (C=O) groups is 1. The number of ether oxygens (including phenoxy) is 2. The first-order chi connectivity index (χ1) is 9.18. The van der Waals surface area contributed by atoms with Gasteiger partial charge in [0.15, 0.2) is 0 Å². The summed E-state index contributed by atoms with van der Waals surface area (Å²) in [6, 6.07) is 0.350. The zero-order valence-electron chi connectivity index (χ0n) is 12.5. The van der Waals surface area contributed by atoms with Crippen LogP contribution in [0.25, 0.3) is 0 Å². The highest BCUT2D eigenvalue weighted by Crippen LogP contribution is 2.15. The van der Waals surface area contributed by atoms with Crippen molar-refractivity contribution in [3.63, 3.8) is 0 Å². The van der Waals surface area contributed by atoms with Gasteiger partial charge in [-0.25, -0.2) is 0 Å². The van der Waals surface area contributed by atoms with E-state index in [4.69, 9.17) is 9.47 Å². The molecule has 2 aliphatic heterocycles. The van der Waals surface area contributed by atoms with Crippen LogP contribution in [0.1, 0.15) is 32.6 Å². The summed E-state index contributed by atoms with van der Waals surface area (Å²) >= 11 is 0. The van der Waals surface area contributed by atoms with E-state index in [-0.39, 0.29) is 30.5 Å². The second-order valence-electron chi connectivity index (χ2n) is 5.54. The molecule has 5 nitrogen and oxygen atoms in total. The summed E-state index contributed by atoms with van der Waals surface area (Å²) in [6.45, 7) is 5.19. The van der Waals surface area contributed by atoms with Crippen LogP contribution in [0, 0.1) is 0 Å². The van der Waals surface area contributed by atoms with E-state index in [0.717, 1.165) is 45.4 Å². The summed E-state index contributed by atoms with van der Waals surface area (Å²) in [6.07, 6.45) is 4.01. The molecule has 2 atom stereocenters. The van der Waals surface area contributed by atoms with E-state index in [1.54, 1.807) is 0 Å². The predicted molar refractivity (Wildman–Crippen MR) is 80.3 cm³/mol. The standard InChI is InChI=1S/C14H26N2O3.ClH/c1-11(19-10-13-4-3-9-18-13)14(17)16(2)12-5-7-15-8-6-12;/h11-13,15H,3-10H2,1-2H3;1H. The molecule has 0 aliphatic carbocycles. The largest absolute Gasteiger partial charge is 0.376 e. The predicted octanol–water partition coefficient (Wildman–Crippen LogP) is 1.20. The summed E-state index contributed by atoms with van der Waals surface area (Å²) < 4.78 is 11.2. The first-order valence-corrected chi connectivity index (χ1v) is 7.39.